The summed E-state index contributed by atoms with van der Waals surface area (Å²) in [5.74, 6) is -1.68. The van der Waals surface area contributed by atoms with Crippen molar-refractivity contribution in [1.29, 1.82) is 5.26 Å². The van der Waals surface area contributed by atoms with Gasteiger partial charge in [-0.3, -0.25) is 4.90 Å². The molecule has 0 fully saturated rings. The second-order valence-corrected chi connectivity index (χ2v) is 4.37. The number of rotatable bonds is 7. The molecule has 1 unspecified atom stereocenters. The van der Waals surface area contributed by atoms with E-state index in [1.54, 1.807) is 4.90 Å². The third kappa shape index (κ3) is 7.18. The van der Waals surface area contributed by atoms with E-state index < -0.39 is 12.1 Å². The van der Waals surface area contributed by atoms with Crippen molar-refractivity contribution in [3.05, 3.63) is 0 Å². The van der Waals surface area contributed by atoms with Crippen LogP contribution in [-0.4, -0.2) is 44.4 Å². The molecule has 3 nitrogen and oxygen atoms in total. The molecule has 0 rings (SSSR count). The minimum absolute atomic E-state index is 0.249. The lowest BCUT2D eigenvalue weighted by molar-refractivity contribution is -0.163. The van der Waals surface area contributed by atoms with Crippen LogP contribution < -0.4 is 0 Å². The van der Waals surface area contributed by atoms with Gasteiger partial charge in [0, 0.05) is 26.7 Å². The fourth-order valence-electron chi connectivity index (χ4n) is 1.47. The summed E-state index contributed by atoms with van der Waals surface area (Å²) in [5, 5.41) is 8.54. The van der Waals surface area contributed by atoms with Crippen LogP contribution in [-0.2, 0) is 4.74 Å². The summed E-state index contributed by atoms with van der Waals surface area (Å²) in [4.78, 5) is 1.62. The molecule has 0 aliphatic rings. The van der Waals surface area contributed by atoms with Crippen LogP contribution >= 0.6 is 0 Å². The quantitative estimate of drug-likeness (QED) is 0.697. The monoisotopic (exact) mass is 252 g/mol. The van der Waals surface area contributed by atoms with Crippen LogP contribution in [0, 0.1) is 23.2 Å². The smallest absolute Gasteiger partial charge is 0.383 e. The minimum atomic E-state index is -4.46. The van der Waals surface area contributed by atoms with Gasteiger partial charge in [0.1, 0.15) is 0 Å². The Morgan fingerprint density at radius 2 is 1.88 bits per heavy atom. The van der Waals surface area contributed by atoms with Gasteiger partial charge in [-0.05, 0) is 5.92 Å². The average Bonchev–Trinajstić information content (AvgIpc) is 2.19. The Hall–Kier alpha value is -0.800. The number of hydrogen-bond acceptors (Lipinski definition) is 3. The number of nitriles is 1. The molecule has 0 amide bonds. The predicted molar refractivity (Wildman–Crippen MR) is 58.3 cm³/mol. The summed E-state index contributed by atoms with van der Waals surface area (Å²) in [7, 11) is 1.50. The molecule has 0 bridgehead atoms. The Kier molecular flexibility index (Phi) is 7.16. The predicted octanol–water partition coefficient (Wildman–Crippen LogP) is 2.29. The Morgan fingerprint density at radius 1 is 1.29 bits per heavy atom. The molecular weight excluding hydrogens is 233 g/mol. The standard InChI is InChI=1S/C11H19F3N2O/c1-9(2)7-16(4-5-17-3)8-10(6-15)11(12,13)14/h9-10H,4-5,7-8H2,1-3H3. The Bertz CT molecular complexity index is 248. The van der Waals surface area contributed by atoms with E-state index in [1.165, 1.54) is 13.2 Å². The summed E-state index contributed by atoms with van der Waals surface area (Å²) in [5.41, 5.74) is 0. The fourth-order valence-corrected chi connectivity index (χ4v) is 1.47. The van der Waals surface area contributed by atoms with Crippen LogP contribution in [0.3, 0.4) is 0 Å². The minimum Gasteiger partial charge on any atom is -0.383 e. The number of hydrogen-bond donors (Lipinski definition) is 0. The van der Waals surface area contributed by atoms with E-state index in [1.807, 2.05) is 13.8 Å². The van der Waals surface area contributed by atoms with E-state index in [2.05, 4.69) is 0 Å². The highest BCUT2D eigenvalue weighted by Crippen LogP contribution is 2.26. The molecule has 0 saturated carbocycles. The lowest BCUT2D eigenvalue weighted by atomic mass is 10.1. The summed E-state index contributed by atoms with van der Waals surface area (Å²) in [6.45, 7) is 4.86. The summed E-state index contributed by atoms with van der Waals surface area (Å²) < 4.78 is 42.2. The molecule has 0 N–H and O–H groups in total. The fraction of sp³-hybridized carbons (Fsp3) is 0.909. The van der Waals surface area contributed by atoms with Gasteiger partial charge in [-0.25, -0.2) is 0 Å². The van der Waals surface area contributed by atoms with Gasteiger partial charge in [-0.2, -0.15) is 18.4 Å². The first-order chi connectivity index (χ1) is 7.81. The number of methoxy groups -OCH3 is 1. The number of alkyl halides is 3. The molecule has 0 radical (unpaired) electrons. The zero-order valence-corrected chi connectivity index (χ0v) is 10.4. The van der Waals surface area contributed by atoms with Gasteiger partial charge < -0.3 is 4.74 Å². The van der Waals surface area contributed by atoms with Crippen LogP contribution in [0.4, 0.5) is 13.2 Å². The van der Waals surface area contributed by atoms with Crippen molar-refractivity contribution in [2.24, 2.45) is 11.8 Å². The molecule has 0 aliphatic heterocycles. The summed E-state index contributed by atoms with van der Waals surface area (Å²) in [6.07, 6.45) is -4.46. The molecule has 6 heteroatoms. The van der Waals surface area contributed by atoms with Crippen molar-refractivity contribution in [3.63, 3.8) is 0 Å². The third-order valence-corrected chi connectivity index (χ3v) is 2.23. The number of ether oxygens (including phenoxy) is 1. The maximum Gasteiger partial charge on any atom is 0.405 e. The van der Waals surface area contributed by atoms with Gasteiger partial charge in [-0.1, -0.05) is 13.8 Å². The van der Waals surface area contributed by atoms with E-state index >= 15 is 0 Å². The van der Waals surface area contributed by atoms with Gasteiger partial charge in [0.25, 0.3) is 0 Å². The second kappa shape index (κ2) is 7.51. The Labute approximate surface area is 100 Å². The Balaban J connectivity index is 4.44. The van der Waals surface area contributed by atoms with Gasteiger partial charge in [0.2, 0.25) is 0 Å². The molecule has 0 aliphatic carbocycles. The van der Waals surface area contributed by atoms with Gasteiger partial charge in [-0.15, -0.1) is 0 Å². The van der Waals surface area contributed by atoms with Crippen LogP contribution in [0.1, 0.15) is 13.8 Å². The van der Waals surface area contributed by atoms with Crippen LogP contribution in [0.5, 0.6) is 0 Å². The van der Waals surface area contributed by atoms with Crippen LogP contribution in [0.15, 0.2) is 0 Å². The second-order valence-electron chi connectivity index (χ2n) is 4.37. The van der Waals surface area contributed by atoms with Gasteiger partial charge >= 0.3 is 6.18 Å². The van der Waals surface area contributed by atoms with Crippen LogP contribution in [0.25, 0.3) is 0 Å². The molecular formula is C11H19F3N2O. The summed E-state index contributed by atoms with van der Waals surface area (Å²) in [6, 6.07) is 1.31. The highest BCUT2D eigenvalue weighted by Gasteiger charge is 2.40. The SMILES string of the molecule is COCCN(CC(C)C)CC(C#N)C(F)(F)F. The third-order valence-electron chi connectivity index (χ3n) is 2.23. The maximum atomic E-state index is 12.5. The number of nitrogens with zero attached hydrogens (tertiary/aromatic N) is 2. The molecule has 100 valence electrons. The largest absolute Gasteiger partial charge is 0.405 e. The molecule has 0 aromatic rings. The zero-order chi connectivity index (χ0) is 13.5. The van der Waals surface area contributed by atoms with Crippen molar-refractivity contribution in [2.45, 2.75) is 20.0 Å². The lowest BCUT2D eigenvalue weighted by Gasteiger charge is -2.26. The van der Waals surface area contributed by atoms with Gasteiger partial charge in [0.05, 0.1) is 12.7 Å². The van der Waals surface area contributed by atoms with Crippen molar-refractivity contribution >= 4 is 0 Å². The highest BCUT2D eigenvalue weighted by molar-refractivity contribution is 4.90. The molecule has 17 heavy (non-hydrogen) atoms. The molecule has 0 aromatic carbocycles. The Morgan fingerprint density at radius 3 is 2.24 bits per heavy atom. The van der Waals surface area contributed by atoms with Gasteiger partial charge in [0.15, 0.2) is 5.92 Å². The molecule has 0 spiro atoms. The number of halogens is 3. The lowest BCUT2D eigenvalue weighted by Crippen LogP contribution is -2.39. The normalized spacial score (nSPS) is 14.1. The molecule has 0 aromatic heterocycles. The van der Waals surface area contributed by atoms with E-state index in [0.717, 1.165) is 0 Å². The van der Waals surface area contributed by atoms with E-state index in [0.29, 0.717) is 19.7 Å². The van der Waals surface area contributed by atoms with E-state index in [4.69, 9.17) is 10.00 Å². The van der Waals surface area contributed by atoms with Crippen molar-refractivity contribution in [3.8, 4) is 6.07 Å². The van der Waals surface area contributed by atoms with E-state index in [-0.39, 0.29) is 12.5 Å². The molecule has 0 saturated heterocycles. The average molecular weight is 252 g/mol. The molecule has 0 heterocycles. The van der Waals surface area contributed by atoms with Crippen molar-refractivity contribution in [1.82, 2.24) is 4.90 Å². The van der Waals surface area contributed by atoms with Crippen molar-refractivity contribution in [2.75, 3.05) is 33.4 Å². The van der Waals surface area contributed by atoms with Crippen molar-refractivity contribution < 1.29 is 17.9 Å². The summed E-state index contributed by atoms with van der Waals surface area (Å²) >= 11 is 0. The highest BCUT2D eigenvalue weighted by atomic mass is 19.4. The maximum absolute atomic E-state index is 12.5. The van der Waals surface area contributed by atoms with E-state index in [9.17, 15) is 13.2 Å². The first-order valence-electron chi connectivity index (χ1n) is 5.48. The topological polar surface area (TPSA) is 36.3 Å². The first kappa shape index (κ1) is 16.2. The molecule has 1 atom stereocenters. The zero-order valence-electron chi connectivity index (χ0n) is 10.4. The van der Waals surface area contributed by atoms with Crippen LogP contribution in [0.2, 0.25) is 0 Å². The first-order valence-corrected chi connectivity index (χ1v) is 5.48.